The van der Waals surface area contributed by atoms with Crippen LogP contribution in [0.5, 0.6) is 11.5 Å². The van der Waals surface area contributed by atoms with Gasteiger partial charge in [-0.3, -0.25) is 9.69 Å². The summed E-state index contributed by atoms with van der Waals surface area (Å²) in [6, 6.07) is 25.0. The Hall–Kier alpha value is -3.57. The molecular formula is C37H42N2O3. The van der Waals surface area contributed by atoms with Crippen molar-refractivity contribution in [3.8, 4) is 11.5 Å². The number of carbonyl (C=O) groups is 1. The Balaban J connectivity index is 1.22. The summed E-state index contributed by atoms with van der Waals surface area (Å²) in [5.74, 6) is 2.18. The zero-order valence-electron chi connectivity index (χ0n) is 24.8. The molecule has 3 aromatic rings. The number of hydrogen-bond acceptors (Lipinski definition) is 4. The van der Waals surface area contributed by atoms with Gasteiger partial charge in [0.1, 0.15) is 17.6 Å². The number of nitrogens with zero attached hydrogens (tertiary/aromatic N) is 2. The molecule has 1 amide bonds. The lowest BCUT2D eigenvalue weighted by molar-refractivity contribution is -0.138. The molecule has 1 saturated carbocycles. The second kappa shape index (κ2) is 10.9. The maximum Gasteiger partial charge on any atom is 0.246 e. The lowest BCUT2D eigenvalue weighted by Crippen LogP contribution is -2.69. The number of likely N-dealkylation sites (tertiary alicyclic amines) is 1. The third kappa shape index (κ3) is 4.53. The summed E-state index contributed by atoms with van der Waals surface area (Å²) < 4.78 is 6.94. The number of benzene rings is 3. The van der Waals surface area contributed by atoms with E-state index in [2.05, 4.69) is 54.0 Å². The summed E-state index contributed by atoms with van der Waals surface area (Å²) in [5.41, 5.74) is 4.55. The molecule has 2 aliphatic heterocycles. The molecular weight excluding hydrogens is 520 g/mol. The van der Waals surface area contributed by atoms with Gasteiger partial charge >= 0.3 is 0 Å². The Labute approximate surface area is 249 Å². The molecule has 1 N–H and O–H groups in total. The monoisotopic (exact) mass is 562 g/mol. The first-order valence-corrected chi connectivity index (χ1v) is 15.8. The van der Waals surface area contributed by atoms with Gasteiger partial charge in [0.05, 0.1) is 6.04 Å². The molecule has 7 rings (SSSR count). The molecule has 5 atom stereocenters. The third-order valence-electron chi connectivity index (χ3n) is 10.4. The van der Waals surface area contributed by atoms with Crippen molar-refractivity contribution in [3.63, 3.8) is 0 Å². The van der Waals surface area contributed by atoms with Gasteiger partial charge in [0.15, 0.2) is 0 Å². The van der Waals surface area contributed by atoms with Crippen molar-refractivity contribution in [1.29, 1.82) is 0 Å². The second-order valence-electron chi connectivity index (χ2n) is 13.2. The minimum Gasteiger partial charge on any atom is -0.508 e. The first-order chi connectivity index (χ1) is 20.5. The van der Waals surface area contributed by atoms with Crippen molar-refractivity contribution in [2.75, 3.05) is 19.6 Å². The zero-order chi connectivity index (χ0) is 28.8. The van der Waals surface area contributed by atoms with Crippen molar-refractivity contribution in [2.45, 2.75) is 69.6 Å². The Morgan fingerprint density at radius 2 is 1.83 bits per heavy atom. The van der Waals surface area contributed by atoms with Crippen LogP contribution in [0.2, 0.25) is 0 Å². The van der Waals surface area contributed by atoms with E-state index in [1.54, 1.807) is 6.08 Å². The number of ether oxygens (including phenoxy) is 1. The molecule has 1 saturated heterocycles. The summed E-state index contributed by atoms with van der Waals surface area (Å²) in [6.45, 7) is 7.11. The lowest BCUT2D eigenvalue weighted by Gasteiger charge is -2.60. The van der Waals surface area contributed by atoms with Crippen LogP contribution in [0.4, 0.5) is 0 Å². The fourth-order valence-corrected chi connectivity index (χ4v) is 8.73. The molecule has 3 aromatic carbocycles. The Morgan fingerprint density at radius 1 is 1.07 bits per heavy atom. The third-order valence-corrected chi connectivity index (χ3v) is 10.4. The number of hydrogen-bond donors (Lipinski definition) is 1. The molecule has 2 bridgehead atoms. The van der Waals surface area contributed by atoms with E-state index in [4.69, 9.17) is 4.74 Å². The van der Waals surface area contributed by atoms with E-state index in [1.807, 2.05) is 48.5 Å². The largest absolute Gasteiger partial charge is 0.508 e. The highest BCUT2D eigenvalue weighted by Crippen LogP contribution is 2.63. The van der Waals surface area contributed by atoms with E-state index >= 15 is 0 Å². The van der Waals surface area contributed by atoms with Gasteiger partial charge in [0.2, 0.25) is 5.91 Å². The topological polar surface area (TPSA) is 53.0 Å². The Kier molecular flexibility index (Phi) is 7.09. The maximum absolute atomic E-state index is 13.9. The van der Waals surface area contributed by atoms with Crippen LogP contribution in [-0.4, -0.2) is 58.6 Å². The van der Waals surface area contributed by atoms with E-state index in [-0.39, 0.29) is 23.5 Å². The van der Waals surface area contributed by atoms with Gasteiger partial charge in [0, 0.05) is 41.7 Å². The van der Waals surface area contributed by atoms with Crippen molar-refractivity contribution >= 4 is 12.0 Å². The van der Waals surface area contributed by atoms with Gasteiger partial charge in [0.25, 0.3) is 0 Å². The van der Waals surface area contributed by atoms with E-state index in [0.29, 0.717) is 30.2 Å². The van der Waals surface area contributed by atoms with Gasteiger partial charge in [-0.15, -0.1) is 0 Å². The molecule has 2 heterocycles. The van der Waals surface area contributed by atoms with Gasteiger partial charge in [-0.2, -0.15) is 0 Å². The Bertz CT molecular complexity index is 1470. The standard InChI is InChI=1S/C37H42N2O3/c1-25(2)24-39(34(41)18-13-26-9-5-3-6-10-26)30-15-14-29-31-23-28-32(40)16-17-33-35(28)37(29,36(30)42-33)20-22-38(31)21-19-27-11-7-4-8-12-27/h3-13,16-18,25,29-31,36,40H,14-15,19-24H2,1-2H3/t29-,30-,31+,36-,37-/m0/s1. The molecule has 42 heavy (non-hydrogen) atoms. The number of aromatic hydroxyl groups is 1. The minimum atomic E-state index is -0.170. The normalized spacial score (nSPS) is 27.6. The van der Waals surface area contributed by atoms with Crippen LogP contribution in [0.25, 0.3) is 6.08 Å². The van der Waals surface area contributed by atoms with E-state index < -0.39 is 0 Å². The van der Waals surface area contributed by atoms with Gasteiger partial charge in [-0.25, -0.2) is 0 Å². The average Bonchev–Trinajstić information content (AvgIpc) is 3.34. The summed E-state index contributed by atoms with van der Waals surface area (Å²) >= 11 is 0. The highest BCUT2D eigenvalue weighted by atomic mass is 16.5. The fraction of sp³-hybridized carbons (Fsp3) is 0.432. The van der Waals surface area contributed by atoms with Crippen LogP contribution in [-0.2, 0) is 23.1 Å². The summed E-state index contributed by atoms with van der Waals surface area (Å²) in [4.78, 5) is 18.7. The molecule has 0 aromatic heterocycles. The van der Waals surface area contributed by atoms with Gasteiger partial charge in [-0.1, -0.05) is 74.5 Å². The summed E-state index contributed by atoms with van der Waals surface area (Å²) in [7, 11) is 0. The fourth-order valence-electron chi connectivity index (χ4n) is 8.73. The van der Waals surface area contributed by atoms with E-state index in [0.717, 1.165) is 62.1 Å². The lowest BCUT2D eigenvalue weighted by atomic mass is 9.50. The van der Waals surface area contributed by atoms with Crippen LogP contribution in [0.3, 0.4) is 0 Å². The van der Waals surface area contributed by atoms with Crippen molar-refractivity contribution in [1.82, 2.24) is 9.80 Å². The number of piperidine rings is 1. The summed E-state index contributed by atoms with van der Waals surface area (Å²) in [5, 5.41) is 11.1. The summed E-state index contributed by atoms with van der Waals surface area (Å²) in [6.07, 6.45) is 8.48. The van der Waals surface area contributed by atoms with Crippen LogP contribution in [0.15, 0.2) is 78.9 Å². The quantitative estimate of drug-likeness (QED) is 0.330. The first kappa shape index (κ1) is 27.3. The minimum absolute atomic E-state index is 0.00594. The zero-order valence-corrected chi connectivity index (χ0v) is 24.8. The number of phenols is 1. The highest BCUT2D eigenvalue weighted by Gasteiger charge is 2.66. The van der Waals surface area contributed by atoms with E-state index in [9.17, 15) is 9.90 Å². The van der Waals surface area contributed by atoms with Gasteiger partial charge in [-0.05, 0) is 79.8 Å². The molecule has 1 spiro atoms. The molecule has 0 unspecified atom stereocenters. The SMILES string of the molecule is CC(C)CN(C(=O)C=Cc1ccccc1)[C@H]1CC[C@H]2[C@H]3Cc4c(O)ccc5c4[C@@]2(CCN3CCc2ccccc2)[C@H]1O5. The maximum atomic E-state index is 13.9. The number of amides is 1. The predicted molar refractivity (Wildman–Crippen MR) is 167 cm³/mol. The molecule has 5 heteroatoms. The first-order valence-electron chi connectivity index (χ1n) is 15.8. The Morgan fingerprint density at radius 3 is 2.60 bits per heavy atom. The van der Waals surface area contributed by atoms with Gasteiger partial charge < -0.3 is 14.7 Å². The van der Waals surface area contributed by atoms with Crippen LogP contribution >= 0.6 is 0 Å². The van der Waals surface area contributed by atoms with E-state index in [1.165, 1.54) is 11.1 Å². The molecule has 5 nitrogen and oxygen atoms in total. The number of rotatable bonds is 8. The van der Waals surface area contributed by atoms with Crippen LogP contribution in [0.1, 0.15) is 55.4 Å². The highest BCUT2D eigenvalue weighted by molar-refractivity contribution is 5.92. The van der Waals surface area contributed by atoms with Crippen LogP contribution in [0, 0.1) is 11.8 Å². The number of phenolic OH excluding ortho intramolecular Hbond substituents is 1. The second-order valence-corrected chi connectivity index (χ2v) is 13.2. The van der Waals surface area contributed by atoms with Crippen molar-refractivity contribution in [3.05, 3.63) is 101 Å². The molecule has 4 aliphatic rings. The average molecular weight is 563 g/mol. The molecule has 2 aliphatic carbocycles. The van der Waals surface area contributed by atoms with Crippen LogP contribution < -0.4 is 4.74 Å². The van der Waals surface area contributed by atoms with Crippen molar-refractivity contribution < 1.29 is 14.6 Å². The number of carbonyl (C=O) groups excluding carboxylic acids is 1. The van der Waals surface area contributed by atoms with Crippen molar-refractivity contribution in [2.24, 2.45) is 11.8 Å². The molecule has 0 radical (unpaired) electrons. The molecule has 2 fully saturated rings. The molecule has 218 valence electrons. The predicted octanol–water partition coefficient (Wildman–Crippen LogP) is 6.24. The smallest absolute Gasteiger partial charge is 0.246 e.